The predicted octanol–water partition coefficient (Wildman–Crippen LogP) is 3.00. The van der Waals surface area contributed by atoms with Gasteiger partial charge in [-0.1, -0.05) is 18.2 Å². The number of nitrogens with zero attached hydrogens (tertiary/aromatic N) is 4. The second-order valence-electron chi connectivity index (χ2n) is 6.16. The van der Waals surface area contributed by atoms with Crippen LogP contribution in [0, 0.1) is 6.92 Å². The van der Waals surface area contributed by atoms with Crippen LogP contribution in [0.1, 0.15) is 16.7 Å². The van der Waals surface area contributed by atoms with Crippen molar-refractivity contribution in [2.24, 2.45) is 0 Å². The van der Waals surface area contributed by atoms with Gasteiger partial charge in [-0.05, 0) is 24.1 Å². The van der Waals surface area contributed by atoms with Crippen molar-refractivity contribution in [2.75, 3.05) is 26.2 Å². The number of halogens is 3. The summed E-state index contributed by atoms with van der Waals surface area (Å²) in [4.78, 5) is 15.9. The second-order valence-corrected chi connectivity index (χ2v) is 6.16. The number of aromatic nitrogens is 2. The van der Waals surface area contributed by atoms with Crippen LogP contribution in [0.25, 0.3) is 0 Å². The maximum absolute atomic E-state index is 13.1. The zero-order chi connectivity index (χ0) is 18.0. The Morgan fingerprint density at radius 2 is 1.84 bits per heavy atom. The quantitative estimate of drug-likeness (QED) is 0.834. The third-order valence-corrected chi connectivity index (χ3v) is 4.27. The Hall–Kier alpha value is -2.35. The van der Waals surface area contributed by atoms with Gasteiger partial charge in [-0.2, -0.15) is 23.0 Å². The Balaban J connectivity index is 1.61. The zero-order valence-corrected chi connectivity index (χ0v) is 13.8. The van der Waals surface area contributed by atoms with Crippen molar-refractivity contribution in [2.45, 2.75) is 19.6 Å². The zero-order valence-electron chi connectivity index (χ0n) is 13.8. The summed E-state index contributed by atoms with van der Waals surface area (Å²) < 4.78 is 40.5. The van der Waals surface area contributed by atoms with Crippen molar-refractivity contribution < 1.29 is 18.0 Å². The van der Waals surface area contributed by atoms with Crippen molar-refractivity contribution >= 4 is 6.03 Å². The van der Waals surface area contributed by atoms with E-state index in [1.807, 2.05) is 11.8 Å². The van der Waals surface area contributed by atoms with E-state index in [-0.39, 0.29) is 18.1 Å². The van der Waals surface area contributed by atoms with E-state index in [9.17, 15) is 18.0 Å². The molecule has 1 fully saturated rings. The van der Waals surface area contributed by atoms with Crippen LogP contribution in [-0.4, -0.2) is 51.8 Å². The average molecular weight is 352 g/mol. The number of hydrogen-bond acceptors (Lipinski definition) is 3. The Labute approximate surface area is 143 Å². The third-order valence-electron chi connectivity index (χ3n) is 4.27. The molecule has 0 N–H and O–H groups in total. The molecule has 8 heteroatoms. The van der Waals surface area contributed by atoms with Crippen LogP contribution >= 0.6 is 0 Å². The standard InChI is InChI=1S/C17H19F3N4O/c1-13-10-21-24(11-13)16(25)23-8-6-22(7-9-23)12-14-4-2-3-5-15(14)17(18,19)20/h2-5,10-11H,6-9,12H2,1H3. The molecule has 2 aromatic rings. The van der Waals surface area contributed by atoms with E-state index in [4.69, 9.17) is 0 Å². The molecular formula is C17H19F3N4O. The van der Waals surface area contributed by atoms with Gasteiger partial charge >= 0.3 is 12.2 Å². The maximum Gasteiger partial charge on any atom is 0.416 e. The molecule has 0 aliphatic carbocycles. The van der Waals surface area contributed by atoms with E-state index < -0.39 is 11.7 Å². The molecule has 1 aromatic heterocycles. The van der Waals surface area contributed by atoms with E-state index in [0.29, 0.717) is 26.2 Å². The number of rotatable bonds is 2. The minimum absolute atomic E-state index is 0.205. The number of hydrogen-bond donors (Lipinski definition) is 0. The van der Waals surface area contributed by atoms with E-state index in [1.54, 1.807) is 23.4 Å². The number of amides is 1. The summed E-state index contributed by atoms with van der Waals surface area (Å²) in [5.74, 6) is 0. The van der Waals surface area contributed by atoms with Gasteiger partial charge in [-0.25, -0.2) is 4.79 Å². The average Bonchev–Trinajstić information content (AvgIpc) is 3.01. The Bertz CT molecular complexity index is 748. The summed E-state index contributed by atoms with van der Waals surface area (Å²) in [6.45, 7) is 4.06. The van der Waals surface area contributed by atoms with Crippen LogP contribution in [0.3, 0.4) is 0 Å². The van der Waals surface area contributed by atoms with Gasteiger partial charge in [0.25, 0.3) is 0 Å². The highest BCUT2D eigenvalue weighted by atomic mass is 19.4. The summed E-state index contributed by atoms with van der Waals surface area (Å²) in [7, 11) is 0. The van der Waals surface area contributed by atoms with Crippen molar-refractivity contribution in [3.63, 3.8) is 0 Å². The second kappa shape index (κ2) is 6.87. The Morgan fingerprint density at radius 3 is 2.44 bits per heavy atom. The van der Waals surface area contributed by atoms with E-state index in [0.717, 1.165) is 11.6 Å². The van der Waals surface area contributed by atoms with Crippen LogP contribution in [0.15, 0.2) is 36.7 Å². The van der Waals surface area contributed by atoms with Crippen LogP contribution in [0.4, 0.5) is 18.0 Å². The molecule has 1 saturated heterocycles. The first-order valence-corrected chi connectivity index (χ1v) is 8.02. The topological polar surface area (TPSA) is 41.4 Å². The van der Waals surface area contributed by atoms with Crippen LogP contribution in [0.5, 0.6) is 0 Å². The number of piperazine rings is 1. The van der Waals surface area contributed by atoms with E-state index >= 15 is 0 Å². The third kappa shape index (κ3) is 4.01. The number of carbonyl (C=O) groups excluding carboxylic acids is 1. The Kier molecular flexibility index (Phi) is 4.80. The molecule has 5 nitrogen and oxygen atoms in total. The number of carbonyl (C=O) groups is 1. The summed E-state index contributed by atoms with van der Waals surface area (Å²) in [6, 6.07) is 5.42. The van der Waals surface area contributed by atoms with Crippen LogP contribution in [0.2, 0.25) is 0 Å². The first kappa shape index (κ1) is 17.5. The molecule has 3 rings (SSSR count). The fraction of sp³-hybridized carbons (Fsp3) is 0.412. The highest BCUT2D eigenvalue weighted by molar-refractivity contribution is 5.76. The highest BCUT2D eigenvalue weighted by Crippen LogP contribution is 2.32. The monoisotopic (exact) mass is 352 g/mol. The molecule has 0 spiro atoms. The van der Waals surface area contributed by atoms with Gasteiger partial charge in [0, 0.05) is 38.9 Å². The molecular weight excluding hydrogens is 333 g/mol. The van der Waals surface area contributed by atoms with E-state index in [1.165, 1.54) is 16.8 Å². The summed E-state index contributed by atoms with van der Waals surface area (Å²) in [6.07, 6.45) is -1.08. The van der Waals surface area contributed by atoms with Gasteiger partial charge in [-0.15, -0.1) is 0 Å². The summed E-state index contributed by atoms with van der Waals surface area (Å²) in [5, 5.41) is 4.00. The lowest BCUT2D eigenvalue weighted by Crippen LogP contribution is -2.49. The number of benzene rings is 1. The van der Waals surface area contributed by atoms with Gasteiger partial charge in [0.15, 0.2) is 0 Å². The Morgan fingerprint density at radius 1 is 1.16 bits per heavy atom. The SMILES string of the molecule is Cc1cnn(C(=O)N2CCN(Cc3ccccc3C(F)(F)F)CC2)c1. The molecule has 1 aromatic carbocycles. The van der Waals surface area contributed by atoms with Gasteiger partial charge < -0.3 is 4.90 Å². The molecule has 1 aliphatic rings. The molecule has 0 bridgehead atoms. The first-order chi connectivity index (χ1) is 11.8. The van der Waals surface area contributed by atoms with Gasteiger partial charge in [0.05, 0.1) is 11.8 Å². The van der Waals surface area contributed by atoms with Crippen molar-refractivity contribution in [3.05, 3.63) is 53.3 Å². The minimum atomic E-state index is -4.35. The molecule has 0 radical (unpaired) electrons. The van der Waals surface area contributed by atoms with E-state index in [2.05, 4.69) is 5.10 Å². The predicted molar refractivity (Wildman–Crippen MR) is 86.1 cm³/mol. The van der Waals surface area contributed by atoms with Gasteiger partial charge in [-0.3, -0.25) is 4.90 Å². The lowest BCUT2D eigenvalue weighted by Gasteiger charge is -2.34. The summed E-state index contributed by atoms with van der Waals surface area (Å²) >= 11 is 0. The molecule has 0 atom stereocenters. The molecule has 0 saturated carbocycles. The fourth-order valence-electron chi connectivity index (χ4n) is 2.94. The minimum Gasteiger partial charge on any atom is -0.320 e. The lowest BCUT2D eigenvalue weighted by atomic mass is 10.1. The lowest BCUT2D eigenvalue weighted by molar-refractivity contribution is -0.138. The molecule has 0 unspecified atom stereocenters. The molecule has 134 valence electrons. The number of aryl methyl sites for hydroxylation is 1. The van der Waals surface area contributed by atoms with Crippen LogP contribution in [-0.2, 0) is 12.7 Å². The van der Waals surface area contributed by atoms with Crippen molar-refractivity contribution in [3.8, 4) is 0 Å². The van der Waals surface area contributed by atoms with Gasteiger partial charge in [0.2, 0.25) is 0 Å². The normalized spacial score (nSPS) is 16.2. The van der Waals surface area contributed by atoms with Crippen LogP contribution < -0.4 is 0 Å². The largest absolute Gasteiger partial charge is 0.416 e. The smallest absolute Gasteiger partial charge is 0.320 e. The van der Waals surface area contributed by atoms with Crippen molar-refractivity contribution in [1.82, 2.24) is 19.6 Å². The molecule has 1 amide bonds. The fourth-order valence-corrected chi connectivity index (χ4v) is 2.94. The van der Waals surface area contributed by atoms with Crippen molar-refractivity contribution in [1.29, 1.82) is 0 Å². The first-order valence-electron chi connectivity index (χ1n) is 8.02. The highest BCUT2D eigenvalue weighted by Gasteiger charge is 2.33. The maximum atomic E-state index is 13.1. The summed E-state index contributed by atoms with van der Waals surface area (Å²) in [5.41, 5.74) is 0.564. The molecule has 2 heterocycles. The number of alkyl halides is 3. The molecule has 25 heavy (non-hydrogen) atoms. The van der Waals surface area contributed by atoms with Gasteiger partial charge in [0.1, 0.15) is 0 Å². The molecule has 1 aliphatic heterocycles.